The van der Waals surface area contributed by atoms with Crippen LogP contribution in [0.4, 0.5) is 0 Å². The van der Waals surface area contributed by atoms with E-state index in [2.05, 4.69) is 51.9 Å². The molecule has 1 aliphatic rings. The molecule has 2 atom stereocenters. The van der Waals surface area contributed by atoms with Crippen LogP contribution in [-0.2, 0) is 0 Å². The highest BCUT2D eigenvalue weighted by Crippen LogP contribution is 2.39. The van der Waals surface area contributed by atoms with Gasteiger partial charge in [0, 0.05) is 19.1 Å². The highest BCUT2D eigenvalue weighted by atomic mass is 15.1. The molecule has 0 amide bonds. The van der Waals surface area contributed by atoms with Gasteiger partial charge >= 0.3 is 0 Å². The highest BCUT2D eigenvalue weighted by molar-refractivity contribution is 4.90. The van der Waals surface area contributed by atoms with E-state index < -0.39 is 0 Å². The molecule has 0 aromatic carbocycles. The Morgan fingerprint density at radius 3 is 2.50 bits per heavy atom. The summed E-state index contributed by atoms with van der Waals surface area (Å²) in [5.74, 6) is 1.71. The van der Waals surface area contributed by atoms with Gasteiger partial charge in [0.15, 0.2) is 0 Å². The minimum absolute atomic E-state index is 0.508. The minimum atomic E-state index is 0.508. The number of nitrogens with one attached hydrogen (secondary N) is 1. The van der Waals surface area contributed by atoms with Crippen LogP contribution in [0.25, 0.3) is 0 Å². The lowest BCUT2D eigenvalue weighted by molar-refractivity contribution is 0.0878. The zero-order chi connectivity index (χ0) is 15.2. The lowest BCUT2D eigenvalue weighted by Crippen LogP contribution is -2.47. The fourth-order valence-corrected chi connectivity index (χ4v) is 3.68. The van der Waals surface area contributed by atoms with Crippen LogP contribution in [0.15, 0.2) is 0 Å². The van der Waals surface area contributed by atoms with Gasteiger partial charge in [0.2, 0.25) is 0 Å². The maximum atomic E-state index is 3.72. The van der Waals surface area contributed by atoms with Gasteiger partial charge in [-0.05, 0) is 50.1 Å². The van der Waals surface area contributed by atoms with Crippen LogP contribution in [-0.4, -0.2) is 37.6 Å². The van der Waals surface area contributed by atoms with Gasteiger partial charge in [-0.15, -0.1) is 0 Å². The van der Waals surface area contributed by atoms with E-state index in [1.165, 1.54) is 51.7 Å². The largest absolute Gasteiger partial charge is 0.314 e. The Kier molecular flexibility index (Phi) is 7.53. The molecule has 2 nitrogen and oxygen atoms in total. The fraction of sp³-hybridized carbons (Fsp3) is 1.00. The molecular formula is C18H38N2. The first-order chi connectivity index (χ1) is 9.33. The van der Waals surface area contributed by atoms with Crippen molar-refractivity contribution < 1.29 is 0 Å². The molecule has 0 aromatic heterocycles. The standard InChI is InChI=1S/C18H38N2/c1-15(2)9-11-20(6)14-18(13-19-16(3)4)10-7-8-17(5)12-18/h15-17,19H,7-14H2,1-6H3. The zero-order valence-corrected chi connectivity index (χ0v) is 14.8. The van der Waals surface area contributed by atoms with Crippen LogP contribution < -0.4 is 5.32 Å². The topological polar surface area (TPSA) is 15.3 Å². The van der Waals surface area contributed by atoms with Crippen LogP contribution in [0.5, 0.6) is 0 Å². The van der Waals surface area contributed by atoms with Crippen LogP contribution in [0, 0.1) is 17.3 Å². The molecule has 20 heavy (non-hydrogen) atoms. The monoisotopic (exact) mass is 282 g/mol. The Morgan fingerprint density at radius 1 is 1.25 bits per heavy atom. The summed E-state index contributed by atoms with van der Waals surface area (Å²) in [7, 11) is 2.32. The van der Waals surface area contributed by atoms with E-state index in [1.54, 1.807) is 0 Å². The van der Waals surface area contributed by atoms with E-state index in [1.807, 2.05) is 0 Å². The normalized spacial score (nSPS) is 27.8. The van der Waals surface area contributed by atoms with Gasteiger partial charge in [0.05, 0.1) is 0 Å². The Hall–Kier alpha value is -0.0800. The second-order valence-electron chi connectivity index (χ2n) is 8.16. The van der Waals surface area contributed by atoms with Crippen LogP contribution >= 0.6 is 0 Å². The van der Waals surface area contributed by atoms with E-state index in [9.17, 15) is 0 Å². The van der Waals surface area contributed by atoms with Gasteiger partial charge in [-0.1, -0.05) is 47.5 Å². The number of hydrogen-bond acceptors (Lipinski definition) is 2. The molecule has 1 rings (SSSR count). The van der Waals surface area contributed by atoms with Crippen LogP contribution in [0.3, 0.4) is 0 Å². The van der Waals surface area contributed by atoms with Crippen molar-refractivity contribution in [3.63, 3.8) is 0 Å². The molecule has 0 saturated heterocycles. The van der Waals surface area contributed by atoms with E-state index in [4.69, 9.17) is 0 Å². The summed E-state index contributed by atoms with van der Waals surface area (Å²) in [4.78, 5) is 2.58. The van der Waals surface area contributed by atoms with E-state index in [0.29, 0.717) is 11.5 Å². The lowest BCUT2D eigenvalue weighted by atomic mass is 9.69. The molecule has 0 aliphatic heterocycles. The highest BCUT2D eigenvalue weighted by Gasteiger charge is 2.35. The minimum Gasteiger partial charge on any atom is -0.314 e. The second-order valence-corrected chi connectivity index (χ2v) is 8.16. The van der Waals surface area contributed by atoms with Gasteiger partial charge < -0.3 is 10.2 Å². The predicted molar refractivity (Wildman–Crippen MR) is 90.2 cm³/mol. The molecule has 1 saturated carbocycles. The third-order valence-corrected chi connectivity index (χ3v) is 4.76. The molecule has 0 bridgehead atoms. The third-order valence-electron chi connectivity index (χ3n) is 4.76. The van der Waals surface area contributed by atoms with Gasteiger partial charge in [0.1, 0.15) is 0 Å². The molecule has 1 fully saturated rings. The van der Waals surface area contributed by atoms with E-state index >= 15 is 0 Å². The summed E-state index contributed by atoms with van der Waals surface area (Å²) < 4.78 is 0. The fourth-order valence-electron chi connectivity index (χ4n) is 3.68. The Morgan fingerprint density at radius 2 is 1.95 bits per heavy atom. The Balaban J connectivity index is 2.57. The Bertz CT molecular complexity index is 262. The molecule has 120 valence electrons. The first-order valence-corrected chi connectivity index (χ1v) is 8.75. The lowest BCUT2D eigenvalue weighted by Gasteiger charge is -2.43. The molecule has 1 aliphatic carbocycles. The van der Waals surface area contributed by atoms with Gasteiger partial charge in [-0.3, -0.25) is 0 Å². The van der Waals surface area contributed by atoms with Crippen molar-refractivity contribution in [3.05, 3.63) is 0 Å². The SMILES string of the molecule is CC(C)CCN(C)CC1(CNC(C)C)CCCC(C)C1. The molecular weight excluding hydrogens is 244 g/mol. The quantitative estimate of drug-likeness (QED) is 0.719. The molecule has 2 unspecified atom stereocenters. The molecule has 0 aromatic rings. The molecule has 0 radical (unpaired) electrons. The first-order valence-electron chi connectivity index (χ1n) is 8.75. The average molecular weight is 283 g/mol. The van der Waals surface area contributed by atoms with Gasteiger partial charge in [-0.25, -0.2) is 0 Å². The summed E-state index contributed by atoms with van der Waals surface area (Å²) >= 11 is 0. The molecule has 1 N–H and O–H groups in total. The van der Waals surface area contributed by atoms with Crippen molar-refractivity contribution in [3.8, 4) is 0 Å². The van der Waals surface area contributed by atoms with Crippen LogP contribution in [0.2, 0.25) is 0 Å². The number of rotatable bonds is 8. The van der Waals surface area contributed by atoms with Crippen molar-refractivity contribution in [2.24, 2.45) is 17.3 Å². The summed E-state index contributed by atoms with van der Waals surface area (Å²) in [5.41, 5.74) is 0.508. The first kappa shape index (κ1) is 18.0. The summed E-state index contributed by atoms with van der Waals surface area (Å²) in [6.45, 7) is 15.3. The number of nitrogens with zero attached hydrogens (tertiary/aromatic N) is 1. The zero-order valence-electron chi connectivity index (χ0n) is 14.8. The predicted octanol–water partition coefficient (Wildman–Crippen LogP) is 4.16. The second kappa shape index (κ2) is 8.38. The third kappa shape index (κ3) is 6.58. The van der Waals surface area contributed by atoms with Crippen molar-refractivity contribution in [1.82, 2.24) is 10.2 Å². The summed E-state index contributed by atoms with van der Waals surface area (Å²) in [6, 6.07) is 0.602. The summed E-state index contributed by atoms with van der Waals surface area (Å²) in [5, 5.41) is 3.72. The van der Waals surface area contributed by atoms with Crippen molar-refractivity contribution >= 4 is 0 Å². The van der Waals surface area contributed by atoms with Crippen molar-refractivity contribution in [1.29, 1.82) is 0 Å². The number of hydrogen-bond donors (Lipinski definition) is 1. The Labute approximate surface area is 127 Å². The van der Waals surface area contributed by atoms with E-state index in [0.717, 1.165) is 11.8 Å². The van der Waals surface area contributed by atoms with E-state index in [-0.39, 0.29) is 0 Å². The van der Waals surface area contributed by atoms with Crippen molar-refractivity contribution in [2.75, 3.05) is 26.7 Å². The smallest absolute Gasteiger partial charge is 0.00472 e. The average Bonchev–Trinajstić information content (AvgIpc) is 2.34. The molecule has 0 heterocycles. The molecule has 0 spiro atoms. The molecule has 2 heteroatoms. The van der Waals surface area contributed by atoms with Crippen LogP contribution in [0.1, 0.15) is 66.7 Å². The van der Waals surface area contributed by atoms with Crippen molar-refractivity contribution in [2.45, 2.75) is 72.8 Å². The summed E-state index contributed by atoms with van der Waals surface area (Å²) in [6.07, 6.45) is 6.97. The van der Waals surface area contributed by atoms with Gasteiger partial charge in [-0.2, -0.15) is 0 Å². The maximum absolute atomic E-state index is 3.72. The maximum Gasteiger partial charge on any atom is 0.00472 e. The van der Waals surface area contributed by atoms with Gasteiger partial charge in [0.25, 0.3) is 0 Å².